The largest absolute Gasteiger partial charge is 0.319 e. The molecular weight excluding hydrogens is 279 g/mol. The smallest absolute Gasteiger partial charge is 0.314 e. The topological polar surface area (TPSA) is 66.1 Å². The molecule has 0 aromatic carbocycles. The van der Waals surface area contributed by atoms with E-state index in [0.29, 0.717) is 13.2 Å². The molecule has 7 nitrogen and oxygen atoms in total. The minimum absolute atomic E-state index is 0.491. The van der Waals surface area contributed by atoms with Gasteiger partial charge in [0.15, 0.2) is 0 Å². The molecule has 2 aliphatic rings. The highest BCUT2D eigenvalue weighted by Crippen LogP contribution is 2.23. The van der Waals surface area contributed by atoms with Gasteiger partial charge >= 0.3 is 8.25 Å². The minimum Gasteiger partial charge on any atom is -0.314 e. The molecule has 0 amide bonds. The van der Waals surface area contributed by atoms with Crippen LogP contribution in [0, 0.1) is 0 Å². The molecule has 2 fully saturated rings. The monoisotopic (exact) mass is 306 g/mol. The first-order valence-electron chi connectivity index (χ1n) is 7.50. The fourth-order valence-corrected chi connectivity index (χ4v) is 3.03. The van der Waals surface area contributed by atoms with Gasteiger partial charge in [0.25, 0.3) is 0 Å². The summed E-state index contributed by atoms with van der Waals surface area (Å²) in [5, 5.41) is 6.60. The highest BCUT2D eigenvalue weighted by molar-refractivity contribution is 7.33. The molecule has 0 radical (unpaired) electrons. The Morgan fingerprint density at radius 2 is 1.20 bits per heavy atom. The van der Waals surface area contributed by atoms with Gasteiger partial charge in [0.1, 0.15) is 0 Å². The fourth-order valence-electron chi connectivity index (χ4n) is 2.43. The second kappa shape index (κ2) is 9.84. The Balaban J connectivity index is 1.45. The van der Waals surface area contributed by atoms with Gasteiger partial charge in [-0.3, -0.25) is 14.4 Å². The van der Waals surface area contributed by atoms with Crippen molar-refractivity contribution in [1.29, 1.82) is 0 Å². The third-order valence-electron chi connectivity index (χ3n) is 3.67. The maximum absolute atomic E-state index is 11.6. The molecule has 2 saturated heterocycles. The molecule has 118 valence electrons. The van der Waals surface area contributed by atoms with Crippen LogP contribution in [-0.2, 0) is 13.6 Å². The molecule has 0 aromatic heterocycles. The van der Waals surface area contributed by atoms with Crippen LogP contribution in [0.5, 0.6) is 0 Å². The molecule has 0 saturated carbocycles. The normalized spacial score (nSPS) is 22.4. The van der Waals surface area contributed by atoms with E-state index in [0.717, 1.165) is 65.4 Å². The summed E-state index contributed by atoms with van der Waals surface area (Å²) in [6.07, 6.45) is 0. The minimum atomic E-state index is -2.32. The molecule has 0 atom stereocenters. The molecule has 2 N–H and O–H groups in total. The lowest BCUT2D eigenvalue weighted by atomic mass is 10.4. The number of nitrogens with one attached hydrogen (secondary N) is 2. The summed E-state index contributed by atoms with van der Waals surface area (Å²) in [6.45, 7) is 10.9. The van der Waals surface area contributed by atoms with E-state index in [1.54, 1.807) is 0 Å². The van der Waals surface area contributed by atoms with E-state index in [4.69, 9.17) is 9.05 Å². The van der Waals surface area contributed by atoms with Crippen molar-refractivity contribution in [3.63, 3.8) is 0 Å². The van der Waals surface area contributed by atoms with Crippen LogP contribution in [0.3, 0.4) is 0 Å². The van der Waals surface area contributed by atoms with Crippen molar-refractivity contribution < 1.29 is 13.6 Å². The van der Waals surface area contributed by atoms with Crippen molar-refractivity contribution in [3.8, 4) is 0 Å². The lowest BCUT2D eigenvalue weighted by Crippen LogP contribution is -2.44. The summed E-state index contributed by atoms with van der Waals surface area (Å²) >= 11 is 0. The number of nitrogens with zero attached hydrogens (tertiary/aromatic N) is 2. The Hall–Kier alpha value is -0.0100. The number of hydrogen-bond donors (Lipinski definition) is 2. The zero-order valence-electron chi connectivity index (χ0n) is 12.1. The highest BCUT2D eigenvalue weighted by Gasteiger charge is 2.11. The van der Waals surface area contributed by atoms with E-state index < -0.39 is 8.25 Å². The van der Waals surface area contributed by atoms with E-state index in [9.17, 15) is 4.57 Å². The molecule has 0 aliphatic carbocycles. The molecule has 8 heteroatoms. The molecule has 0 aromatic rings. The first-order valence-corrected chi connectivity index (χ1v) is 8.73. The molecule has 0 unspecified atom stereocenters. The van der Waals surface area contributed by atoms with Gasteiger partial charge in [0.05, 0.1) is 13.2 Å². The van der Waals surface area contributed by atoms with Crippen LogP contribution in [0.2, 0.25) is 0 Å². The van der Waals surface area contributed by atoms with Crippen LogP contribution >= 0.6 is 8.25 Å². The maximum Gasteiger partial charge on any atom is 0.319 e. The zero-order chi connectivity index (χ0) is 14.0. The predicted molar refractivity (Wildman–Crippen MR) is 79.5 cm³/mol. The summed E-state index contributed by atoms with van der Waals surface area (Å²) < 4.78 is 22.1. The van der Waals surface area contributed by atoms with E-state index in [2.05, 4.69) is 20.4 Å². The lowest BCUT2D eigenvalue weighted by Gasteiger charge is -2.27. The summed E-state index contributed by atoms with van der Waals surface area (Å²) in [5.74, 6) is 0. The number of piperazine rings is 2. The van der Waals surface area contributed by atoms with Gasteiger partial charge in [-0.1, -0.05) is 0 Å². The summed E-state index contributed by atoms with van der Waals surface area (Å²) in [5.41, 5.74) is 0. The van der Waals surface area contributed by atoms with Crippen molar-refractivity contribution in [2.75, 3.05) is 78.7 Å². The highest BCUT2D eigenvalue weighted by atomic mass is 31.1. The molecule has 2 rings (SSSR count). The fraction of sp³-hybridized carbons (Fsp3) is 1.00. The maximum atomic E-state index is 11.6. The van der Waals surface area contributed by atoms with Gasteiger partial charge < -0.3 is 19.7 Å². The predicted octanol–water partition coefficient (Wildman–Crippen LogP) is -0.780. The van der Waals surface area contributed by atoms with Crippen molar-refractivity contribution in [2.24, 2.45) is 0 Å². The van der Waals surface area contributed by atoms with Gasteiger partial charge in [-0.2, -0.15) is 0 Å². The summed E-state index contributed by atoms with van der Waals surface area (Å²) in [6, 6.07) is 0. The molecule has 2 heterocycles. The quantitative estimate of drug-likeness (QED) is 0.570. The van der Waals surface area contributed by atoms with E-state index >= 15 is 0 Å². The average Bonchev–Trinajstić information content (AvgIpc) is 2.49. The first-order chi connectivity index (χ1) is 9.84. The van der Waals surface area contributed by atoms with Crippen LogP contribution in [0.25, 0.3) is 0 Å². The van der Waals surface area contributed by atoms with Gasteiger partial charge in [-0.05, 0) is 0 Å². The van der Waals surface area contributed by atoms with Crippen LogP contribution in [0.4, 0.5) is 0 Å². The number of rotatable bonds is 8. The Morgan fingerprint density at radius 3 is 1.60 bits per heavy atom. The van der Waals surface area contributed by atoms with Crippen molar-refractivity contribution in [2.45, 2.75) is 0 Å². The second-order valence-corrected chi connectivity index (χ2v) is 6.21. The lowest BCUT2D eigenvalue weighted by molar-refractivity contribution is 0.155. The van der Waals surface area contributed by atoms with Gasteiger partial charge in [0.2, 0.25) is 0 Å². The van der Waals surface area contributed by atoms with Crippen LogP contribution in [0.15, 0.2) is 0 Å². The van der Waals surface area contributed by atoms with Crippen molar-refractivity contribution in [3.05, 3.63) is 0 Å². The van der Waals surface area contributed by atoms with E-state index in [1.807, 2.05) is 0 Å². The van der Waals surface area contributed by atoms with Crippen LogP contribution < -0.4 is 10.6 Å². The second-order valence-electron chi connectivity index (χ2n) is 5.13. The Labute approximate surface area is 121 Å². The Morgan fingerprint density at radius 1 is 0.800 bits per heavy atom. The van der Waals surface area contributed by atoms with Gasteiger partial charge in [0, 0.05) is 65.4 Å². The molecule has 2 aliphatic heterocycles. The summed E-state index contributed by atoms with van der Waals surface area (Å²) in [7, 11) is -2.32. The van der Waals surface area contributed by atoms with Gasteiger partial charge in [-0.15, -0.1) is 0 Å². The van der Waals surface area contributed by atoms with Crippen LogP contribution in [0.1, 0.15) is 0 Å². The van der Waals surface area contributed by atoms with E-state index in [-0.39, 0.29) is 0 Å². The molecule has 20 heavy (non-hydrogen) atoms. The first kappa shape index (κ1) is 16.4. The van der Waals surface area contributed by atoms with Crippen molar-refractivity contribution >= 4 is 8.25 Å². The Kier molecular flexibility index (Phi) is 8.05. The molecule has 0 bridgehead atoms. The zero-order valence-corrected chi connectivity index (χ0v) is 13.1. The average molecular weight is 306 g/mol. The van der Waals surface area contributed by atoms with Gasteiger partial charge in [-0.25, -0.2) is 0 Å². The number of hydrogen-bond acceptors (Lipinski definition) is 7. The Bertz CT molecular complexity index is 258. The van der Waals surface area contributed by atoms with Crippen molar-refractivity contribution in [1.82, 2.24) is 20.4 Å². The summed E-state index contributed by atoms with van der Waals surface area (Å²) in [4.78, 5) is 4.62. The SMILES string of the molecule is O=[PH](OCCN1CCNCC1)OCCN1CCNCC1. The van der Waals surface area contributed by atoms with E-state index in [1.165, 1.54) is 0 Å². The standard InChI is InChI=1S/C12H27N4O3P/c17-20(18-11-9-15-5-1-13-2-6-15)19-12-10-16-7-3-14-4-8-16/h13-14,20H,1-12H2. The van der Waals surface area contributed by atoms with Crippen LogP contribution in [-0.4, -0.2) is 88.5 Å². The molecule has 0 spiro atoms. The third kappa shape index (κ3) is 6.63. The third-order valence-corrected chi connectivity index (χ3v) is 4.55. The molecular formula is C12H27N4O3P.